The summed E-state index contributed by atoms with van der Waals surface area (Å²) >= 11 is 6.18. The van der Waals surface area contributed by atoms with Gasteiger partial charge in [0.1, 0.15) is 11.7 Å². The van der Waals surface area contributed by atoms with Gasteiger partial charge in [-0.1, -0.05) is 48.9 Å². The molecule has 124 valence electrons. The number of amides is 1. The Balaban J connectivity index is 2.11. The van der Waals surface area contributed by atoms with Crippen molar-refractivity contribution in [3.63, 3.8) is 0 Å². The van der Waals surface area contributed by atoms with Crippen LogP contribution in [0.2, 0.25) is 5.02 Å². The third-order valence-electron chi connectivity index (χ3n) is 4.01. The van der Waals surface area contributed by atoms with Crippen LogP contribution in [0.1, 0.15) is 26.3 Å². The fraction of sp³-hybridized carbons (Fsp3) is 0.263. The summed E-state index contributed by atoms with van der Waals surface area (Å²) in [5, 5.41) is 9.26. The molecule has 0 aliphatic heterocycles. The number of carbonyl (C=O) groups is 1. The average molecular weight is 342 g/mol. The summed E-state index contributed by atoms with van der Waals surface area (Å²) in [4.78, 5) is 12.4. The van der Waals surface area contributed by atoms with Gasteiger partial charge in [0.15, 0.2) is 0 Å². The predicted octanol–water partition coefficient (Wildman–Crippen LogP) is 4.44. The van der Waals surface area contributed by atoms with Gasteiger partial charge in [0, 0.05) is 22.5 Å². The molecule has 1 amide bonds. The van der Waals surface area contributed by atoms with Crippen LogP contribution >= 0.6 is 11.6 Å². The average Bonchev–Trinajstić information content (AvgIpc) is 2.98. The number of hydrogen-bond acceptors (Lipinski definition) is 2. The first kappa shape index (κ1) is 16.5. The quantitative estimate of drug-likeness (QED) is 0.745. The zero-order valence-corrected chi connectivity index (χ0v) is 14.5. The van der Waals surface area contributed by atoms with Crippen LogP contribution in [0.25, 0.3) is 22.2 Å². The lowest BCUT2D eigenvalue weighted by Crippen LogP contribution is -2.31. The first-order valence-corrected chi connectivity index (χ1v) is 8.50. The molecule has 3 rings (SSSR count). The van der Waals surface area contributed by atoms with Gasteiger partial charge >= 0.3 is 0 Å². The lowest BCUT2D eigenvalue weighted by molar-refractivity contribution is -0.124. The molecular weight excluding hydrogens is 322 g/mol. The monoisotopic (exact) mass is 341 g/mol. The molecule has 0 saturated heterocycles. The molecule has 2 aromatic carbocycles. The van der Waals surface area contributed by atoms with Crippen molar-refractivity contribution in [1.29, 1.82) is 0 Å². The smallest absolute Gasteiger partial charge is 0.244 e. The van der Waals surface area contributed by atoms with Crippen LogP contribution in [-0.2, 0) is 4.79 Å². The Morgan fingerprint density at radius 1 is 1.25 bits per heavy atom. The highest BCUT2D eigenvalue weighted by atomic mass is 35.5. The van der Waals surface area contributed by atoms with Crippen LogP contribution in [0.15, 0.2) is 48.5 Å². The predicted molar refractivity (Wildman–Crippen MR) is 98.2 cm³/mol. The van der Waals surface area contributed by atoms with Gasteiger partial charge < -0.3 is 5.32 Å². The molecule has 0 unspecified atom stereocenters. The largest absolute Gasteiger partial charge is 0.354 e. The van der Waals surface area contributed by atoms with E-state index in [1.807, 2.05) is 62.4 Å². The van der Waals surface area contributed by atoms with Crippen molar-refractivity contribution < 1.29 is 4.79 Å². The van der Waals surface area contributed by atoms with Crippen LogP contribution < -0.4 is 5.32 Å². The summed E-state index contributed by atoms with van der Waals surface area (Å²) in [6.45, 7) is 4.56. The summed E-state index contributed by atoms with van der Waals surface area (Å²) in [7, 11) is 0. The zero-order valence-electron chi connectivity index (χ0n) is 13.8. The molecule has 1 atom stereocenters. The van der Waals surface area contributed by atoms with Crippen LogP contribution in [-0.4, -0.2) is 22.2 Å². The number of halogens is 1. The summed E-state index contributed by atoms with van der Waals surface area (Å²) in [5.74, 6) is -0.0317. The second kappa shape index (κ2) is 7.05. The van der Waals surface area contributed by atoms with E-state index in [0.29, 0.717) is 11.6 Å². The number of nitrogens with one attached hydrogen (secondary N) is 1. The van der Waals surface area contributed by atoms with Crippen molar-refractivity contribution in [1.82, 2.24) is 15.1 Å². The Bertz CT molecular complexity index is 858. The third kappa shape index (κ3) is 3.15. The maximum Gasteiger partial charge on any atom is 0.244 e. The number of rotatable bonds is 5. The summed E-state index contributed by atoms with van der Waals surface area (Å²) in [5.41, 5.74) is 2.74. The van der Waals surface area contributed by atoms with Crippen molar-refractivity contribution in [3.8, 4) is 11.3 Å². The van der Waals surface area contributed by atoms with Crippen molar-refractivity contribution in [2.24, 2.45) is 0 Å². The van der Waals surface area contributed by atoms with E-state index in [1.165, 1.54) is 0 Å². The van der Waals surface area contributed by atoms with Crippen molar-refractivity contribution in [2.75, 3.05) is 6.54 Å². The van der Waals surface area contributed by atoms with Gasteiger partial charge in [0.05, 0.1) is 5.52 Å². The van der Waals surface area contributed by atoms with Gasteiger partial charge in [0.25, 0.3) is 0 Å². The molecule has 0 aliphatic carbocycles. The first-order chi connectivity index (χ1) is 11.6. The van der Waals surface area contributed by atoms with E-state index in [-0.39, 0.29) is 5.91 Å². The van der Waals surface area contributed by atoms with Crippen molar-refractivity contribution >= 4 is 28.4 Å². The molecule has 0 spiro atoms. The van der Waals surface area contributed by atoms with E-state index in [1.54, 1.807) is 4.68 Å². The fourth-order valence-corrected chi connectivity index (χ4v) is 2.90. The Morgan fingerprint density at radius 2 is 2.00 bits per heavy atom. The molecule has 24 heavy (non-hydrogen) atoms. The Kier molecular flexibility index (Phi) is 4.86. The second-order valence-corrected chi connectivity index (χ2v) is 6.22. The van der Waals surface area contributed by atoms with Crippen LogP contribution in [0.4, 0.5) is 0 Å². The van der Waals surface area contributed by atoms with Crippen molar-refractivity contribution in [2.45, 2.75) is 26.3 Å². The lowest BCUT2D eigenvalue weighted by Gasteiger charge is -2.13. The van der Waals surface area contributed by atoms with E-state index < -0.39 is 6.04 Å². The molecule has 4 nitrogen and oxygen atoms in total. The number of fused-ring (bicyclic) bond motifs is 1. The van der Waals surface area contributed by atoms with E-state index in [4.69, 9.17) is 16.7 Å². The first-order valence-electron chi connectivity index (χ1n) is 8.12. The topological polar surface area (TPSA) is 46.9 Å². The Labute approximate surface area is 146 Å². The Hall–Kier alpha value is -2.33. The zero-order chi connectivity index (χ0) is 17.1. The minimum Gasteiger partial charge on any atom is -0.354 e. The van der Waals surface area contributed by atoms with Crippen LogP contribution in [0.5, 0.6) is 0 Å². The number of benzene rings is 2. The summed E-state index contributed by atoms with van der Waals surface area (Å²) in [6.07, 6.45) is 0.906. The molecule has 1 heterocycles. The second-order valence-electron chi connectivity index (χ2n) is 5.79. The molecule has 0 saturated carbocycles. The molecule has 0 aliphatic rings. The number of nitrogens with zero attached hydrogens (tertiary/aromatic N) is 2. The normalized spacial score (nSPS) is 12.3. The lowest BCUT2D eigenvalue weighted by atomic mass is 10.1. The SMILES string of the molecule is CCCNC(=O)[C@@H](C)n1nc(-c2ccccc2)c2cc(Cl)ccc21. The Morgan fingerprint density at radius 3 is 2.71 bits per heavy atom. The fourth-order valence-electron chi connectivity index (χ4n) is 2.72. The van der Waals surface area contributed by atoms with Gasteiger partial charge in [0.2, 0.25) is 5.91 Å². The number of aromatic nitrogens is 2. The van der Waals surface area contributed by atoms with Gasteiger partial charge in [-0.3, -0.25) is 9.48 Å². The molecule has 3 aromatic rings. The molecule has 0 bridgehead atoms. The molecule has 1 N–H and O–H groups in total. The third-order valence-corrected chi connectivity index (χ3v) is 4.25. The van der Waals surface area contributed by atoms with Gasteiger partial charge in [-0.2, -0.15) is 5.10 Å². The van der Waals surface area contributed by atoms with Gasteiger partial charge in [-0.25, -0.2) is 0 Å². The highest BCUT2D eigenvalue weighted by Gasteiger charge is 2.21. The van der Waals surface area contributed by atoms with E-state index >= 15 is 0 Å². The maximum atomic E-state index is 12.4. The highest BCUT2D eigenvalue weighted by Crippen LogP contribution is 2.31. The minimum atomic E-state index is -0.391. The molecule has 1 aromatic heterocycles. The van der Waals surface area contributed by atoms with E-state index in [9.17, 15) is 4.79 Å². The number of hydrogen-bond donors (Lipinski definition) is 1. The molecule has 5 heteroatoms. The van der Waals surface area contributed by atoms with Crippen LogP contribution in [0.3, 0.4) is 0 Å². The summed E-state index contributed by atoms with van der Waals surface area (Å²) in [6, 6.07) is 15.2. The standard InChI is InChI=1S/C19H20ClN3O/c1-3-11-21-19(24)13(2)23-17-10-9-15(20)12-16(17)18(22-23)14-7-5-4-6-8-14/h4-10,12-13H,3,11H2,1-2H3,(H,21,24)/t13-/m1/s1. The van der Waals surface area contributed by atoms with E-state index in [0.717, 1.165) is 28.6 Å². The highest BCUT2D eigenvalue weighted by molar-refractivity contribution is 6.31. The molecule has 0 radical (unpaired) electrons. The van der Waals surface area contributed by atoms with Crippen molar-refractivity contribution in [3.05, 3.63) is 53.6 Å². The van der Waals surface area contributed by atoms with Gasteiger partial charge in [-0.05, 0) is 31.5 Å². The molecular formula is C19H20ClN3O. The van der Waals surface area contributed by atoms with Crippen LogP contribution in [0, 0.1) is 0 Å². The van der Waals surface area contributed by atoms with E-state index in [2.05, 4.69) is 5.32 Å². The maximum absolute atomic E-state index is 12.4. The minimum absolute atomic E-state index is 0.0317. The number of carbonyl (C=O) groups excluding carboxylic acids is 1. The molecule has 0 fully saturated rings. The summed E-state index contributed by atoms with van der Waals surface area (Å²) < 4.78 is 1.78. The van der Waals surface area contributed by atoms with Gasteiger partial charge in [-0.15, -0.1) is 0 Å².